The lowest BCUT2D eigenvalue weighted by Gasteiger charge is -2.26. The Morgan fingerprint density at radius 2 is 1.94 bits per heavy atom. The van der Waals surface area contributed by atoms with Crippen LogP contribution in [0.3, 0.4) is 0 Å². The molecule has 0 saturated carbocycles. The molecule has 3 heterocycles. The van der Waals surface area contributed by atoms with Gasteiger partial charge in [0.25, 0.3) is 0 Å². The average Bonchev–Trinajstić information content (AvgIpc) is 3.13. The fourth-order valence-electron chi connectivity index (χ4n) is 3.55. The molecule has 0 N–H and O–H groups in total. The molecule has 0 aliphatic carbocycles. The lowest BCUT2D eigenvalue weighted by Crippen LogP contribution is -2.22. The molecule has 31 heavy (non-hydrogen) atoms. The second kappa shape index (κ2) is 8.45. The first kappa shape index (κ1) is 21.0. The van der Waals surface area contributed by atoms with Crippen molar-refractivity contribution in [3.63, 3.8) is 0 Å². The van der Waals surface area contributed by atoms with Crippen molar-refractivity contribution in [2.45, 2.75) is 39.4 Å². The molecule has 0 amide bonds. The van der Waals surface area contributed by atoms with Gasteiger partial charge in [-0.25, -0.2) is 0 Å². The van der Waals surface area contributed by atoms with Gasteiger partial charge in [0.15, 0.2) is 0 Å². The average molecular weight is 428 g/mol. The minimum Gasteiger partial charge on any atom is -0.455 e. The molecule has 5 nitrogen and oxygen atoms in total. The lowest BCUT2D eigenvalue weighted by atomic mass is 10.1. The molecule has 0 unspecified atom stereocenters. The second-order valence-corrected chi connectivity index (χ2v) is 7.57. The topological polar surface area (TPSA) is 42.6 Å². The third kappa shape index (κ3) is 4.90. The Kier molecular flexibility index (Phi) is 5.71. The Bertz CT molecular complexity index is 1090. The van der Waals surface area contributed by atoms with E-state index >= 15 is 0 Å². The van der Waals surface area contributed by atoms with Gasteiger partial charge in [-0.15, -0.1) is 0 Å². The van der Waals surface area contributed by atoms with Crippen molar-refractivity contribution in [2.24, 2.45) is 4.99 Å². The number of benzene rings is 1. The van der Waals surface area contributed by atoms with E-state index in [4.69, 9.17) is 4.74 Å². The van der Waals surface area contributed by atoms with E-state index in [9.17, 15) is 13.2 Å². The smallest absolute Gasteiger partial charge is 0.389 e. The van der Waals surface area contributed by atoms with Crippen molar-refractivity contribution >= 4 is 17.6 Å². The van der Waals surface area contributed by atoms with Crippen LogP contribution in [0.5, 0.6) is 11.5 Å². The fourth-order valence-corrected chi connectivity index (χ4v) is 3.55. The molecule has 0 saturated heterocycles. The predicted octanol–water partition coefficient (Wildman–Crippen LogP) is 6.16. The molecule has 1 aromatic carbocycles. The molecule has 8 heteroatoms. The Morgan fingerprint density at radius 3 is 2.65 bits per heavy atom. The van der Waals surface area contributed by atoms with Crippen LogP contribution in [0.1, 0.15) is 29.8 Å². The number of rotatable bonds is 6. The molecule has 2 aromatic heterocycles. The minimum absolute atomic E-state index is 0.0392. The lowest BCUT2D eigenvalue weighted by molar-refractivity contribution is -0.135. The molecule has 4 rings (SSSR count). The number of hydrogen-bond acceptors (Lipinski definition) is 4. The van der Waals surface area contributed by atoms with E-state index in [-0.39, 0.29) is 6.42 Å². The Balaban J connectivity index is 1.51. The van der Waals surface area contributed by atoms with Crippen LogP contribution in [0, 0.1) is 13.8 Å². The highest BCUT2D eigenvalue weighted by atomic mass is 19.4. The molecule has 0 spiro atoms. The largest absolute Gasteiger partial charge is 0.455 e. The van der Waals surface area contributed by atoms with Crippen molar-refractivity contribution in [2.75, 3.05) is 11.6 Å². The van der Waals surface area contributed by atoms with Gasteiger partial charge in [0.1, 0.15) is 18.2 Å². The van der Waals surface area contributed by atoms with E-state index in [1.807, 2.05) is 65.9 Å². The van der Waals surface area contributed by atoms with E-state index in [1.165, 1.54) is 0 Å². The number of ether oxygens (including phenoxy) is 1. The minimum atomic E-state index is -4.14. The van der Waals surface area contributed by atoms with Crippen LogP contribution >= 0.6 is 0 Å². The second-order valence-electron chi connectivity index (χ2n) is 7.57. The zero-order valence-corrected chi connectivity index (χ0v) is 17.4. The van der Waals surface area contributed by atoms with Gasteiger partial charge >= 0.3 is 6.18 Å². The maximum absolute atomic E-state index is 12.5. The summed E-state index contributed by atoms with van der Waals surface area (Å²) >= 11 is 0. The van der Waals surface area contributed by atoms with Crippen LogP contribution in [-0.4, -0.2) is 28.6 Å². The number of nitrogens with zero attached hydrogens (tertiary/aromatic N) is 4. The Labute approximate surface area is 178 Å². The summed E-state index contributed by atoms with van der Waals surface area (Å²) in [5.74, 6) is 1.40. The van der Waals surface area contributed by atoms with Gasteiger partial charge in [-0.2, -0.15) is 13.2 Å². The van der Waals surface area contributed by atoms with Crippen LogP contribution in [0.25, 0.3) is 0 Å². The van der Waals surface area contributed by atoms with Crippen molar-refractivity contribution in [1.29, 1.82) is 0 Å². The molecular weight excluding hydrogens is 405 g/mol. The van der Waals surface area contributed by atoms with E-state index in [1.54, 1.807) is 12.4 Å². The molecule has 1 aliphatic rings. The van der Waals surface area contributed by atoms with Crippen molar-refractivity contribution in [1.82, 2.24) is 9.55 Å². The highest BCUT2D eigenvalue weighted by Crippen LogP contribution is 2.35. The summed E-state index contributed by atoms with van der Waals surface area (Å²) in [6, 6.07) is 11.6. The summed E-state index contributed by atoms with van der Waals surface area (Å²) in [7, 11) is 0. The number of anilines is 2. The number of halogens is 3. The van der Waals surface area contributed by atoms with Gasteiger partial charge in [-0.3, -0.25) is 9.98 Å². The zero-order chi connectivity index (χ0) is 22.0. The summed E-state index contributed by atoms with van der Waals surface area (Å²) in [5, 5.41) is 0. The predicted molar refractivity (Wildman–Crippen MR) is 115 cm³/mol. The number of aromatic nitrogens is 2. The van der Waals surface area contributed by atoms with Crippen molar-refractivity contribution in [3.8, 4) is 11.5 Å². The highest BCUT2D eigenvalue weighted by Gasteiger charge is 2.26. The van der Waals surface area contributed by atoms with E-state index in [2.05, 4.69) is 9.98 Å². The molecule has 0 atom stereocenters. The summed E-state index contributed by atoms with van der Waals surface area (Å²) in [6.07, 6.45) is 0.350. The number of alkyl halides is 3. The summed E-state index contributed by atoms with van der Waals surface area (Å²) in [5.41, 5.74) is 4.57. The van der Waals surface area contributed by atoms with Crippen LogP contribution in [0.2, 0.25) is 0 Å². The fraction of sp³-hybridized carbons (Fsp3) is 0.304. The van der Waals surface area contributed by atoms with E-state index in [0.29, 0.717) is 19.0 Å². The zero-order valence-electron chi connectivity index (χ0n) is 17.4. The summed E-state index contributed by atoms with van der Waals surface area (Å²) < 4.78 is 45.2. The molecular formula is C23H23F3N4O. The van der Waals surface area contributed by atoms with Gasteiger partial charge in [0.2, 0.25) is 0 Å². The van der Waals surface area contributed by atoms with Crippen molar-refractivity contribution < 1.29 is 17.9 Å². The number of aryl methyl sites for hydroxylation is 3. The number of pyridine rings is 1. The van der Waals surface area contributed by atoms with Crippen molar-refractivity contribution in [3.05, 3.63) is 65.7 Å². The molecule has 0 radical (unpaired) electrons. The first-order valence-electron chi connectivity index (χ1n) is 10.0. The molecule has 1 aliphatic heterocycles. The normalized spacial score (nSPS) is 13.4. The Hall–Kier alpha value is -3.29. The molecule has 0 bridgehead atoms. The molecule has 3 aromatic rings. The third-order valence-corrected chi connectivity index (χ3v) is 5.15. The Morgan fingerprint density at radius 1 is 1.10 bits per heavy atom. The van der Waals surface area contributed by atoms with Gasteiger partial charge in [-0.05, 0) is 62.2 Å². The van der Waals surface area contributed by atoms with Crippen LogP contribution in [0.4, 0.5) is 24.5 Å². The number of fused-ring (bicyclic) bond motifs is 1. The van der Waals surface area contributed by atoms with E-state index < -0.39 is 12.6 Å². The van der Waals surface area contributed by atoms with Crippen LogP contribution in [0.15, 0.2) is 53.8 Å². The van der Waals surface area contributed by atoms with Crippen LogP contribution in [-0.2, 0) is 6.54 Å². The SMILES string of the molecule is Cc1ccc(Oc2ccc(N3CN=Cc4c3ccn4CCCC(F)(F)F)cc2C)cn1. The van der Waals surface area contributed by atoms with Crippen LogP contribution < -0.4 is 9.64 Å². The number of hydrogen-bond donors (Lipinski definition) is 0. The molecule has 162 valence electrons. The molecule has 0 fully saturated rings. The van der Waals surface area contributed by atoms with Gasteiger partial charge in [0, 0.05) is 36.8 Å². The monoisotopic (exact) mass is 428 g/mol. The maximum atomic E-state index is 12.5. The number of aliphatic imine (C=N–C) groups is 1. The standard InChI is InChI=1S/C23H23F3N4O/c1-16-12-18(5-7-22(16)31-19-6-4-17(2)28-13-19)30-15-27-14-21-20(30)8-11-29(21)10-3-9-23(24,25)26/h4-8,11-14H,3,9-10,15H2,1-2H3. The summed E-state index contributed by atoms with van der Waals surface area (Å²) in [6.45, 7) is 4.63. The van der Waals surface area contributed by atoms with Gasteiger partial charge < -0.3 is 14.2 Å². The maximum Gasteiger partial charge on any atom is 0.389 e. The third-order valence-electron chi connectivity index (χ3n) is 5.15. The first-order valence-corrected chi connectivity index (χ1v) is 10.0. The summed E-state index contributed by atoms with van der Waals surface area (Å²) in [4.78, 5) is 10.7. The first-order chi connectivity index (χ1) is 14.8. The van der Waals surface area contributed by atoms with E-state index in [0.717, 1.165) is 34.1 Å². The van der Waals surface area contributed by atoms with Gasteiger partial charge in [0.05, 0.1) is 17.6 Å². The quantitative estimate of drug-likeness (QED) is 0.472. The van der Waals surface area contributed by atoms with Gasteiger partial charge in [-0.1, -0.05) is 0 Å². The highest BCUT2D eigenvalue weighted by molar-refractivity contribution is 5.90.